The van der Waals surface area contributed by atoms with E-state index < -0.39 is 72.5 Å². The van der Waals surface area contributed by atoms with Gasteiger partial charge in [-0.3, -0.25) is 14.4 Å². The van der Waals surface area contributed by atoms with Gasteiger partial charge in [-0.1, -0.05) is 29.8 Å². The number of phenolic OH excluding ortho intramolecular Hbond substituents is 2. The number of rotatable bonds is 21. The second-order valence-electron chi connectivity index (χ2n) is 14.6. The van der Waals surface area contributed by atoms with Crippen molar-refractivity contribution in [2.24, 2.45) is 5.11 Å². The van der Waals surface area contributed by atoms with Crippen molar-refractivity contribution >= 4 is 28.6 Å². The molecule has 19 heteroatoms. The van der Waals surface area contributed by atoms with Crippen LogP contribution in [0.1, 0.15) is 32.3 Å². The summed E-state index contributed by atoms with van der Waals surface area (Å²) in [7, 11) is 1.48. The number of fused-ring (bicyclic) bond motifs is 1. The van der Waals surface area contributed by atoms with E-state index in [9.17, 15) is 45.0 Å². The molecule has 2 heterocycles. The van der Waals surface area contributed by atoms with E-state index in [1.807, 2.05) is 55.2 Å². The molecule has 0 saturated carbocycles. The number of ether oxygens (including phenoxy) is 5. The number of aliphatic hydroxyl groups excluding tert-OH is 4. The summed E-state index contributed by atoms with van der Waals surface area (Å²) in [6, 6.07) is 16.6. The molecule has 63 heavy (non-hydrogen) atoms. The standard InChI is InChI=1S/C44H52N4O15/c1-25(2)9-14-30-31(50)21-32(51)36-38(55)43(41(63-42(30)36)26-10-12-29(58-3)13-11-26)62-35(53)16-15-34(52)60-20-18-48(28-7-5-4-6-8-28)17-19-59-24-27(47-45)22-46-44-40(57)39(56)37(54)33(23-49)61-44/h4-13,21-22,33,37,39-40,44-46,49-51,54,56-57H,14-20,23-24H2,1-3H3/b27-22-,47-45?/t33-,37-,39+,40-,44-/m0/s1. The van der Waals surface area contributed by atoms with Crippen molar-refractivity contribution in [3.8, 4) is 34.3 Å². The van der Waals surface area contributed by atoms with E-state index in [4.69, 9.17) is 33.6 Å². The molecule has 3 aromatic carbocycles. The lowest BCUT2D eigenvalue weighted by Gasteiger charge is -2.39. The van der Waals surface area contributed by atoms with Gasteiger partial charge < -0.3 is 69.0 Å². The van der Waals surface area contributed by atoms with Crippen LogP contribution in [0.15, 0.2) is 98.5 Å². The number of hydrogen-bond donors (Lipinski definition) is 8. The van der Waals surface area contributed by atoms with E-state index in [2.05, 4.69) is 10.4 Å². The molecular formula is C44H52N4O15. The molecule has 5 rings (SSSR count). The number of benzene rings is 3. The van der Waals surface area contributed by atoms with Crippen molar-refractivity contribution in [3.05, 3.63) is 100.0 Å². The second kappa shape index (κ2) is 22.7. The number of hydrogen-bond acceptors (Lipinski definition) is 19. The van der Waals surface area contributed by atoms with Gasteiger partial charge in [0.1, 0.15) is 64.9 Å². The Balaban J connectivity index is 1.19. The molecule has 19 nitrogen and oxygen atoms in total. The predicted octanol–water partition coefficient (Wildman–Crippen LogP) is 3.40. The number of phenols is 2. The molecule has 8 N–H and O–H groups in total. The van der Waals surface area contributed by atoms with Crippen molar-refractivity contribution in [3.63, 3.8) is 0 Å². The topological polar surface area (TPSA) is 283 Å². The summed E-state index contributed by atoms with van der Waals surface area (Å²) in [5.74, 6) is -2.71. The van der Waals surface area contributed by atoms with E-state index in [1.165, 1.54) is 13.3 Å². The number of esters is 2. The summed E-state index contributed by atoms with van der Waals surface area (Å²) in [6.45, 7) is 3.60. The van der Waals surface area contributed by atoms with Gasteiger partial charge in [0.05, 0.1) is 46.3 Å². The van der Waals surface area contributed by atoms with E-state index in [0.717, 1.165) is 17.3 Å². The minimum absolute atomic E-state index is 0.0733. The Kier molecular flexibility index (Phi) is 17.2. The van der Waals surface area contributed by atoms with Gasteiger partial charge in [0.2, 0.25) is 11.2 Å². The van der Waals surface area contributed by atoms with Gasteiger partial charge >= 0.3 is 11.9 Å². The number of aliphatic hydroxyl groups is 4. The summed E-state index contributed by atoms with van der Waals surface area (Å²) in [5, 5.41) is 66.9. The van der Waals surface area contributed by atoms with E-state index in [1.54, 1.807) is 24.3 Å². The van der Waals surface area contributed by atoms with Crippen LogP contribution in [0.5, 0.6) is 23.0 Å². The minimum Gasteiger partial charge on any atom is -0.507 e. The first kappa shape index (κ1) is 47.7. The predicted molar refractivity (Wildman–Crippen MR) is 226 cm³/mol. The van der Waals surface area contributed by atoms with Crippen molar-refractivity contribution in [2.45, 2.75) is 63.8 Å². The lowest BCUT2D eigenvalue weighted by molar-refractivity contribution is -0.233. The maximum atomic E-state index is 14.0. The maximum absolute atomic E-state index is 14.0. The lowest BCUT2D eigenvalue weighted by Crippen LogP contribution is -2.61. The molecule has 5 atom stereocenters. The average molecular weight is 877 g/mol. The van der Waals surface area contributed by atoms with Crippen LogP contribution in [0.2, 0.25) is 0 Å². The van der Waals surface area contributed by atoms with Crippen molar-refractivity contribution in [1.29, 1.82) is 5.53 Å². The summed E-state index contributed by atoms with van der Waals surface area (Å²) >= 11 is 0. The first-order valence-electron chi connectivity index (χ1n) is 20.0. The Hall–Kier alpha value is -6.35. The first-order valence-corrected chi connectivity index (χ1v) is 20.0. The molecular weight excluding hydrogens is 824 g/mol. The SMILES string of the molecule is COc1ccc(-c2oc3c(CC=C(C)C)c(O)cc(O)c3c(=O)c2OC(=O)CCC(=O)OCCN(CCOC/C(=C/N[C@H]2O[C@@H](CO)[C@H](O)[C@@H](O)[C@@H]2O)N=N)c2ccccc2)cc1. The zero-order chi connectivity index (χ0) is 45.6. The Bertz CT molecular complexity index is 2310. The first-order chi connectivity index (χ1) is 30.3. The van der Waals surface area contributed by atoms with Gasteiger partial charge in [-0.15, -0.1) is 0 Å². The van der Waals surface area contributed by atoms with Crippen LogP contribution in [0.3, 0.4) is 0 Å². The fourth-order valence-corrected chi connectivity index (χ4v) is 6.49. The Labute approximate surface area is 361 Å². The summed E-state index contributed by atoms with van der Waals surface area (Å²) in [4.78, 5) is 41.9. The van der Waals surface area contributed by atoms with Crippen molar-refractivity contribution in [2.75, 3.05) is 51.5 Å². The summed E-state index contributed by atoms with van der Waals surface area (Å²) in [5.41, 5.74) is 8.93. The quantitative estimate of drug-likeness (QED) is 0.0258. The van der Waals surface area contributed by atoms with Crippen molar-refractivity contribution in [1.82, 2.24) is 5.32 Å². The average Bonchev–Trinajstić information content (AvgIpc) is 3.27. The Morgan fingerprint density at radius 1 is 0.937 bits per heavy atom. The van der Waals surface area contributed by atoms with Gasteiger partial charge in [0.25, 0.3) is 0 Å². The zero-order valence-corrected chi connectivity index (χ0v) is 34.9. The number of allylic oxidation sites excluding steroid dienone is 2. The Morgan fingerprint density at radius 2 is 1.63 bits per heavy atom. The lowest BCUT2D eigenvalue weighted by atomic mass is 9.98. The number of carbonyl (C=O) groups excluding carboxylic acids is 2. The molecule has 0 amide bonds. The van der Waals surface area contributed by atoms with E-state index >= 15 is 0 Å². The highest BCUT2D eigenvalue weighted by molar-refractivity contribution is 5.92. The summed E-state index contributed by atoms with van der Waals surface area (Å²) < 4.78 is 33.5. The zero-order valence-electron chi connectivity index (χ0n) is 34.9. The van der Waals surface area contributed by atoms with Gasteiger partial charge in [0.15, 0.2) is 12.0 Å². The van der Waals surface area contributed by atoms with Gasteiger partial charge in [-0.25, -0.2) is 5.53 Å². The molecule has 0 radical (unpaired) electrons. The maximum Gasteiger partial charge on any atom is 0.312 e. The molecule has 1 saturated heterocycles. The molecule has 0 unspecified atom stereocenters. The third-order valence-corrected chi connectivity index (χ3v) is 9.95. The fraction of sp³-hybridized carbons (Fsp3) is 0.386. The monoisotopic (exact) mass is 876 g/mol. The molecule has 4 aromatic rings. The number of carbonyl (C=O) groups is 2. The number of nitrogens with zero attached hydrogens (tertiary/aromatic N) is 2. The Morgan fingerprint density at radius 3 is 2.30 bits per heavy atom. The van der Waals surface area contributed by atoms with E-state index in [-0.39, 0.29) is 72.9 Å². The molecule has 0 aliphatic carbocycles. The van der Waals surface area contributed by atoms with Crippen LogP contribution in [0.4, 0.5) is 5.69 Å². The number of para-hydroxylation sites is 1. The van der Waals surface area contributed by atoms with Crippen LogP contribution in [0, 0.1) is 5.53 Å². The third-order valence-electron chi connectivity index (χ3n) is 9.95. The molecule has 338 valence electrons. The minimum atomic E-state index is -1.58. The van der Waals surface area contributed by atoms with Crippen LogP contribution < -0.4 is 25.1 Å². The third kappa shape index (κ3) is 12.4. The van der Waals surface area contributed by atoms with Gasteiger partial charge in [-0.2, -0.15) is 5.11 Å². The number of aromatic hydroxyl groups is 2. The van der Waals surface area contributed by atoms with Crippen LogP contribution in [0.25, 0.3) is 22.3 Å². The second-order valence-corrected chi connectivity index (χ2v) is 14.6. The van der Waals surface area contributed by atoms with E-state index in [0.29, 0.717) is 17.9 Å². The van der Waals surface area contributed by atoms with Gasteiger partial charge in [-0.05, 0) is 56.7 Å². The van der Waals surface area contributed by atoms with Crippen molar-refractivity contribution < 1.29 is 68.3 Å². The highest BCUT2D eigenvalue weighted by Gasteiger charge is 2.43. The molecule has 1 aliphatic heterocycles. The van der Waals surface area contributed by atoms with Gasteiger partial charge in [0, 0.05) is 35.6 Å². The molecule has 1 aromatic heterocycles. The number of methoxy groups -OCH3 is 1. The highest BCUT2D eigenvalue weighted by atomic mass is 16.6. The number of nitrogens with one attached hydrogen (secondary N) is 2. The summed E-state index contributed by atoms with van der Waals surface area (Å²) in [6.07, 6.45) is -4.58. The smallest absolute Gasteiger partial charge is 0.312 e. The molecule has 0 spiro atoms. The molecule has 1 aliphatic rings. The fourth-order valence-electron chi connectivity index (χ4n) is 6.49. The van der Waals surface area contributed by atoms with Crippen LogP contribution in [-0.4, -0.2) is 120 Å². The largest absolute Gasteiger partial charge is 0.507 e. The normalized spacial score (nSPS) is 18.7. The van der Waals surface area contributed by atoms with Crippen LogP contribution >= 0.6 is 0 Å². The molecule has 0 bridgehead atoms. The van der Waals surface area contributed by atoms with Crippen LogP contribution in [-0.2, 0) is 30.2 Å². The highest BCUT2D eigenvalue weighted by Crippen LogP contribution is 2.39. The number of anilines is 1. The molecule has 1 fully saturated rings.